The average Bonchev–Trinajstić information content (AvgIpc) is 3.07. The molecule has 0 unspecified atom stereocenters. The van der Waals surface area contributed by atoms with Crippen molar-refractivity contribution in [2.24, 2.45) is 5.73 Å². The fourth-order valence-electron chi connectivity index (χ4n) is 3.01. The molecule has 3 N–H and O–H groups in total. The minimum atomic E-state index is -0.437. The third-order valence-electron chi connectivity index (χ3n) is 4.54. The van der Waals surface area contributed by atoms with E-state index in [9.17, 15) is 4.79 Å². The van der Waals surface area contributed by atoms with Crippen LogP contribution in [0.15, 0.2) is 42.5 Å². The van der Waals surface area contributed by atoms with Crippen LogP contribution in [0.25, 0.3) is 10.9 Å². The Balaban J connectivity index is 1.71. The number of nitrogens with zero attached hydrogens (tertiary/aromatic N) is 2. The first kappa shape index (κ1) is 18.9. The van der Waals surface area contributed by atoms with E-state index in [1.807, 2.05) is 30.3 Å². The molecule has 0 aliphatic heterocycles. The zero-order valence-electron chi connectivity index (χ0n) is 15.9. The molecule has 0 fully saturated rings. The molecular weight excluding hydrogens is 340 g/mol. The summed E-state index contributed by atoms with van der Waals surface area (Å²) in [4.78, 5) is 13.6. The van der Waals surface area contributed by atoms with Gasteiger partial charge >= 0.3 is 0 Å². The molecule has 1 amide bonds. The second kappa shape index (κ2) is 8.68. The topological polar surface area (TPSA) is 84.2 Å². The van der Waals surface area contributed by atoms with Crippen LogP contribution in [0, 0.1) is 0 Å². The Morgan fingerprint density at radius 1 is 1.26 bits per heavy atom. The highest BCUT2D eigenvalue weighted by Gasteiger charge is 2.10. The molecule has 27 heavy (non-hydrogen) atoms. The highest BCUT2D eigenvalue weighted by atomic mass is 16.5. The number of hydrogen-bond acceptors (Lipinski definition) is 4. The number of benzene rings is 2. The average molecular weight is 366 g/mol. The van der Waals surface area contributed by atoms with Gasteiger partial charge in [-0.1, -0.05) is 25.5 Å². The number of nitrogens with one attached hydrogen (secondary N) is 1. The summed E-state index contributed by atoms with van der Waals surface area (Å²) >= 11 is 0. The number of amides is 1. The number of ether oxygens (including phenoxy) is 1. The maximum absolute atomic E-state index is 11.3. The molecule has 0 atom stereocenters. The van der Waals surface area contributed by atoms with Gasteiger partial charge in [-0.2, -0.15) is 5.10 Å². The lowest BCUT2D eigenvalue weighted by molar-refractivity contribution is 0.1000. The number of H-pyrrole nitrogens is 1. The first-order chi connectivity index (χ1) is 13.1. The standard InChI is InChI=1S/C21H26N4O2/c1-3-4-10-25(2)13-20-18-12-17(8-9-19(18)23-24-20)27-14-15-6-5-7-16(11-15)21(22)26/h5-9,11-12H,3-4,10,13-14H2,1-2H3,(H2,22,26)(H,23,24). The SMILES string of the molecule is CCCCN(C)Cc1[nH]nc2ccc(OCc3cccc(C(N)=O)c3)cc12. The van der Waals surface area contributed by atoms with Crippen molar-refractivity contribution in [3.8, 4) is 5.75 Å². The first-order valence-corrected chi connectivity index (χ1v) is 9.24. The van der Waals surface area contributed by atoms with Crippen LogP contribution in [0.4, 0.5) is 0 Å². The number of aromatic nitrogens is 2. The molecule has 6 heteroatoms. The van der Waals surface area contributed by atoms with E-state index in [1.165, 1.54) is 12.8 Å². The summed E-state index contributed by atoms with van der Waals surface area (Å²) < 4.78 is 5.92. The monoisotopic (exact) mass is 366 g/mol. The van der Waals surface area contributed by atoms with Crippen LogP contribution in [0.1, 0.15) is 41.4 Å². The molecule has 142 valence electrons. The van der Waals surface area contributed by atoms with Gasteiger partial charge in [0, 0.05) is 17.5 Å². The molecule has 0 spiro atoms. The molecule has 0 radical (unpaired) electrons. The van der Waals surface area contributed by atoms with E-state index in [2.05, 4.69) is 29.1 Å². The number of primary amides is 1. The fourth-order valence-corrected chi connectivity index (χ4v) is 3.01. The number of nitrogens with two attached hydrogens (primary N) is 1. The largest absolute Gasteiger partial charge is 0.489 e. The van der Waals surface area contributed by atoms with Crippen LogP contribution < -0.4 is 10.5 Å². The maximum atomic E-state index is 11.3. The molecule has 3 aromatic rings. The smallest absolute Gasteiger partial charge is 0.248 e. The van der Waals surface area contributed by atoms with Crippen LogP contribution in [0.5, 0.6) is 5.75 Å². The Morgan fingerprint density at radius 2 is 2.11 bits per heavy atom. The molecule has 0 saturated carbocycles. The summed E-state index contributed by atoms with van der Waals surface area (Å²) in [5.41, 5.74) is 8.73. The molecule has 1 heterocycles. The lowest BCUT2D eigenvalue weighted by Crippen LogP contribution is -2.19. The van der Waals surface area contributed by atoms with Gasteiger partial charge in [-0.3, -0.25) is 9.89 Å². The number of fused-ring (bicyclic) bond motifs is 1. The molecule has 0 saturated heterocycles. The Kier molecular flexibility index (Phi) is 6.08. The van der Waals surface area contributed by atoms with Gasteiger partial charge in [0.2, 0.25) is 5.91 Å². The quantitative estimate of drug-likeness (QED) is 0.607. The lowest BCUT2D eigenvalue weighted by Gasteiger charge is -2.15. The number of aromatic amines is 1. The highest BCUT2D eigenvalue weighted by molar-refractivity contribution is 5.92. The highest BCUT2D eigenvalue weighted by Crippen LogP contribution is 2.24. The maximum Gasteiger partial charge on any atom is 0.248 e. The van der Waals surface area contributed by atoms with Crippen LogP contribution in [0.3, 0.4) is 0 Å². The molecule has 6 nitrogen and oxygen atoms in total. The van der Waals surface area contributed by atoms with Crippen LogP contribution in [0.2, 0.25) is 0 Å². The van der Waals surface area contributed by atoms with E-state index in [1.54, 1.807) is 12.1 Å². The third-order valence-corrected chi connectivity index (χ3v) is 4.54. The number of rotatable bonds is 9. The molecule has 0 aliphatic rings. The Hall–Kier alpha value is -2.86. The minimum Gasteiger partial charge on any atom is -0.489 e. The van der Waals surface area contributed by atoms with E-state index in [0.717, 1.165) is 41.0 Å². The number of hydrogen-bond donors (Lipinski definition) is 2. The van der Waals surface area contributed by atoms with Crippen molar-refractivity contribution < 1.29 is 9.53 Å². The second-order valence-corrected chi connectivity index (χ2v) is 6.83. The lowest BCUT2D eigenvalue weighted by atomic mass is 10.1. The van der Waals surface area contributed by atoms with Gasteiger partial charge < -0.3 is 15.4 Å². The summed E-state index contributed by atoms with van der Waals surface area (Å²) in [7, 11) is 2.12. The zero-order chi connectivity index (χ0) is 19.2. The molecule has 3 rings (SSSR count). The molecule has 0 aliphatic carbocycles. The Labute approximate surface area is 159 Å². The van der Waals surface area contributed by atoms with E-state index >= 15 is 0 Å². The van der Waals surface area contributed by atoms with Crippen LogP contribution in [-0.4, -0.2) is 34.6 Å². The first-order valence-electron chi connectivity index (χ1n) is 9.24. The summed E-state index contributed by atoms with van der Waals surface area (Å²) in [6.07, 6.45) is 2.37. The molecule has 1 aromatic heterocycles. The van der Waals surface area contributed by atoms with Crippen LogP contribution in [-0.2, 0) is 13.2 Å². The summed E-state index contributed by atoms with van der Waals surface area (Å²) in [5, 5.41) is 8.60. The van der Waals surface area contributed by atoms with Gasteiger partial charge in [-0.25, -0.2) is 0 Å². The predicted octanol–water partition coefficient (Wildman–Crippen LogP) is 3.47. The van der Waals surface area contributed by atoms with Gasteiger partial charge in [0.05, 0.1) is 11.2 Å². The van der Waals surface area contributed by atoms with Crippen molar-refractivity contribution in [2.75, 3.05) is 13.6 Å². The van der Waals surface area contributed by atoms with Gasteiger partial charge in [0.25, 0.3) is 0 Å². The Bertz CT molecular complexity index is 919. The van der Waals surface area contributed by atoms with Crippen molar-refractivity contribution in [3.63, 3.8) is 0 Å². The summed E-state index contributed by atoms with van der Waals surface area (Å²) in [6, 6.07) is 13.1. The van der Waals surface area contributed by atoms with Crippen molar-refractivity contribution in [2.45, 2.75) is 32.9 Å². The van der Waals surface area contributed by atoms with E-state index < -0.39 is 5.91 Å². The molecular formula is C21H26N4O2. The number of unbranched alkanes of at least 4 members (excludes halogenated alkanes) is 1. The van der Waals surface area contributed by atoms with Crippen LogP contribution >= 0.6 is 0 Å². The van der Waals surface area contributed by atoms with Gasteiger partial charge in [0.1, 0.15) is 12.4 Å². The van der Waals surface area contributed by atoms with Crippen molar-refractivity contribution in [1.29, 1.82) is 0 Å². The van der Waals surface area contributed by atoms with Gasteiger partial charge in [-0.05, 0) is 55.9 Å². The van der Waals surface area contributed by atoms with Crippen molar-refractivity contribution in [3.05, 3.63) is 59.3 Å². The van der Waals surface area contributed by atoms with Gasteiger partial charge in [-0.15, -0.1) is 0 Å². The van der Waals surface area contributed by atoms with E-state index in [4.69, 9.17) is 10.5 Å². The van der Waals surface area contributed by atoms with E-state index in [0.29, 0.717) is 12.2 Å². The third kappa shape index (κ3) is 4.86. The zero-order valence-corrected chi connectivity index (χ0v) is 15.9. The van der Waals surface area contributed by atoms with Crippen molar-refractivity contribution in [1.82, 2.24) is 15.1 Å². The normalized spacial score (nSPS) is 11.2. The number of carbonyl (C=O) groups is 1. The number of carbonyl (C=O) groups excluding carboxylic acids is 1. The van der Waals surface area contributed by atoms with E-state index in [-0.39, 0.29) is 0 Å². The summed E-state index contributed by atoms with van der Waals surface area (Å²) in [5.74, 6) is 0.333. The van der Waals surface area contributed by atoms with Gasteiger partial charge in [0.15, 0.2) is 0 Å². The minimum absolute atomic E-state index is 0.371. The Morgan fingerprint density at radius 3 is 2.89 bits per heavy atom. The molecule has 0 bridgehead atoms. The predicted molar refractivity (Wildman–Crippen MR) is 107 cm³/mol. The summed E-state index contributed by atoms with van der Waals surface area (Å²) in [6.45, 7) is 4.45. The molecule has 2 aromatic carbocycles. The second-order valence-electron chi connectivity index (χ2n) is 6.83. The fraction of sp³-hybridized carbons (Fsp3) is 0.333. The van der Waals surface area contributed by atoms with Crippen molar-refractivity contribution >= 4 is 16.8 Å².